The molecule has 0 saturated heterocycles. The number of rotatable bonds is 4. The number of thiophene rings is 1. The van der Waals surface area contributed by atoms with Crippen LogP contribution in [0.25, 0.3) is 0 Å². The zero-order chi connectivity index (χ0) is 10.7. The van der Waals surface area contributed by atoms with E-state index in [4.69, 9.17) is 10.5 Å². The van der Waals surface area contributed by atoms with E-state index in [1.165, 1.54) is 17.7 Å². The normalized spacial score (nSPS) is 19.6. The molecule has 0 aliphatic heterocycles. The van der Waals surface area contributed by atoms with E-state index in [1.807, 2.05) is 0 Å². The highest BCUT2D eigenvalue weighted by Gasteiger charge is 2.29. The fraction of sp³-hybridized carbons (Fsp3) is 0.636. The number of nitrogens with two attached hydrogens (primary N) is 1. The Kier molecular flexibility index (Phi) is 3.83. The van der Waals surface area contributed by atoms with Crippen LogP contribution in [0.5, 0.6) is 0 Å². The van der Waals surface area contributed by atoms with Gasteiger partial charge in [0.2, 0.25) is 0 Å². The molecule has 1 aromatic heterocycles. The fourth-order valence-corrected chi connectivity index (χ4v) is 3.39. The summed E-state index contributed by atoms with van der Waals surface area (Å²) >= 11 is 5.15. The van der Waals surface area contributed by atoms with Crippen molar-refractivity contribution in [3.8, 4) is 0 Å². The van der Waals surface area contributed by atoms with Gasteiger partial charge in [-0.2, -0.15) is 0 Å². The Morgan fingerprint density at radius 2 is 2.20 bits per heavy atom. The van der Waals surface area contributed by atoms with Crippen LogP contribution in [0.1, 0.15) is 30.6 Å². The smallest absolute Gasteiger partial charge is 0.0810 e. The first-order chi connectivity index (χ1) is 7.18. The Morgan fingerprint density at radius 3 is 2.80 bits per heavy atom. The average molecular weight is 290 g/mol. The second-order valence-corrected chi connectivity index (χ2v) is 6.20. The molecule has 2 nitrogen and oxygen atoms in total. The minimum Gasteiger partial charge on any atom is -0.374 e. The van der Waals surface area contributed by atoms with Gasteiger partial charge in [0.25, 0.3) is 0 Å². The molecule has 0 aromatic carbocycles. The third kappa shape index (κ3) is 3.28. The summed E-state index contributed by atoms with van der Waals surface area (Å²) in [6.07, 6.45) is 4.73. The van der Waals surface area contributed by atoms with Gasteiger partial charge in [0.05, 0.1) is 13.2 Å². The second kappa shape index (κ2) is 4.95. The fourth-order valence-electron chi connectivity index (χ4n) is 2.01. The summed E-state index contributed by atoms with van der Waals surface area (Å²) in [6, 6.07) is 2.10. The average Bonchev–Trinajstić information content (AvgIpc) is 2.76. The van der Waals surface area contributed by atoms with Gasteiger partial charge in [-0.15, -0.1) is 11.3 Å². The molecule has 4 heteroatoms. The monoisotopic (exact) mass is 289 g/mol. The molecular formula is C11H16BrNOS. The molecule has 2 N–H and O–H groups in total. The molecular weight excluding hydrogens is 274 g/mol. The molecule has 0 amide bonds. The van der Waals surface area contributed by atoms with Crippen molar-refractivity contribution in [1.29, 1.82) is 0 Å². The van der Waals surface area contributed by atoms with Crippen molar-refractivity contribution in [1.82, 2.24) is 0 Å². The van der Waals surface area contributed by atoms with Gasteiger partial charge >= 0.3 is 0 Å². The molecule has 0 atom stereocenters. The SMILES string of the molecule is NC1(COCc2cc(Br)cs2)CCCC1. The molecule has 1 aliphatic rings. The van der Waals surface area contributed by atoms with Crippen LogP contribution in [0.15, 0.2) is 15.9 Å². The summed E-state index contributed by atoms with van der Waals surface area (Å²) in [5.74, 6) is 0. The third-order valence-electron chi connectivity index (χ3n) is 2.85. The first kappa shape index (κ1) is 11.6. The van der Waals surface area contributed by atoms with E-state index in [-0.39, 0.29) is 5.54 Å². The van der Waals surface area contributed by atoms with Crippen LogP contribution in [-0.2, 0) is 11.3 Å². The number of hydrogen-bond donors (Lipinski definition) is 1. The van der Waals surface area contributed by atoms with Crippen molar-refractivity contribution < 1.29 is 4.74 Å². The maximum absolute atomic E-state index is 6.20. The summed E-state index contributed by atoms with van der Waals surface area (Å²) in [5.41, 5.74) is 6.15. The first-order valence-electron chi connectivity index (χ1n) is 5.28. The Hall–Kier alpha value is 0.1000. The van der Waals surface area contributed by atoms with Crippen LogP contribution < -0.4 is 5.73 Å². The maximum Gasteiger partial charge on any atom is 0.0810 e. The molecule has 0 bridgehead atoms. The Bertz CT molecular complexity index is 320. The second-order valence-electron chi connectivity index (χ2n) is 4.29. The van der Waals surface area contributed by atoms with E-state index in [9.17, 15) is 0 Å². The molecule has 0 radical (unpaired) electrons. The van der Waals surface area contributed by atoms with E-state index in [0.29, 0.717) is 13.2 Å². The van der Waals surface area contributed by atoms with Crippen molar-refractivity contribution in [2.24, 2.45) is 5.73 Å². The lowest BCUT2D eigenvalue weighted by Gasteiger charge is -2.22. The van der Waals surface area contributed by atoms with Crippen LogP contribution >= 0.6 is 27.3 Å². The zero-order valence-corrected chi connectivity index (χ0v) is 11.1. The van der Waals surface area contributed by atoms with E-state index in [2.05, 4.69) is 27.4 Å². The summed E-state index contributed by atoms with van der Waals surface area (Å²) in [6.45, 7) is 1.39. The predicted molar refractivity (Wildman–Crippen MR) is 67.1 cm³/mol. The van der Waals surface area contributed by atoms with Crippen molar-refractivity contribution in [2.75, 3.05) is 6.61 Å². The lowest BCUT2D eigenvalue weighted by Crippen LogP contribution is -2.41. The predicted octanol–water partition coefficient (Wildman–Crippen LogP) is 3.30. The van der Waals surface area contributed by atoms with Gasteiger partial charge in [-0.25, -0.2) is 0 Å². The quantitative estimate of drug-likeness (QED) is 0.923. The molecule has 1 aliphatic carbocycles. The van der Waals surface area contributed by atoms with Crippen molar-refractivity contribution >= 4 is 27.3 Å². The Balaban J connectivity index is 1.75. The standard InChI is InChI=1S/C11H16BrNOS/c12-9-5-10(15-7-9)6-14-8-11(13)3-1-2-4-11/h5,7H,1-4,6,8,13H2. The molecule has 0 unspecified atom stereocenters. The molecule has 15 heavy (non-hydrogen) atoms. The Labute approximate surface area is 103 Å². The van der Waals surface area contributed by atoms with Crippen LogP contribution in [0.2, 0.25) is 0 Å². The van der Waals surface area contributed by atoms with Crippen LogP contribution in [0, 0.1) is 0 Å². The van der Waals surface area contributed by atoms with E-state index >= 15 is 0 Å². The number of hydrogen-bond acceptors (Lipinski definition) is 3. The van der Waals surface area contributed by atoms with Crippen molar-refractivity contribution in [3.63, 3.8) is 0 Å². The van der Waals surface area contributed by atoms with E-state index in [0.717, 1.165) is 17.3 Å². The topological polar surface area (TPSA) is 35.2 Å². The molecule has 1 heterocycles. The maximum atomic E-state index is 6.20. The molecule has 2 rings (SSSR count). The van der Waals surface area contributed by atoms with E-state index < -0.39 is 0 Å². The van der Waals surface area contributed by atoms with Gasteiger partial charge < -0.3 is 10.5 Å². The first-order valence-corrected chi connectivity index (χ1v) is 6.95. The lowest BCUT2D eigenvalue weighted by atomic mass is 10.0. The lowest BCUT2D eigenvalue weighted by molar-refractivity contribution is 0.0767. The van der Waals surface area contributed by atoms with Gasteiger partial charge in [-0.1, -0.05) is 12.8 Å². The highest BCUT2D eigenvalue weighted by molar-refractivity contribution is 9.10. The van der Waals surface area contributed by atoms with Gasteiger partial charge in [-0.05, 0) is 34.8 Å². The van der Waals surface area contributed by atoms with Gasteiger partial charge in [0.15, 0.2) is 0 Å². The largest absolute Gasteiger partial charge is 0.374 e. The Morgan fingerprint density at radius 1 is 1.47 bits per heavy atom. The van der Waals surface area contributed by atoms with Crippen molar-refractivity contribution in [2.45, 2.75) is 37.8 Å². The minimum atomic E-state index is -0.0471. The van der Waals surface area contributed by atoms with Gasteiger partial charge in [0, 0.05) is 20.3 Å². The molecule has 1 saturated carbocycles. The van der Waals surface area contributed by atoms with E-state index in [1.54, 1.807) is 11.3 Å². The summed E-state index contributed by atoms with van der Waals surface area (Å²) in [5, 5.41) is 2.08. The zero-order valence-electron chi connectivity index (χ0n) is 8.67. The van der Waals surface area contributed by atoms with Gasteiger partial charge in [0.1, 0.15) is 0 Å². The minimum absolute atomic E-state index is 0.0471. The third-order valence-corrected chi connectivity index (χ3v) is 4.53. The molecule has 1 aromatic rings. The number of halogens is 1. The summed E-state index contributed by atoms with van der Waals surface area (Å²) < 4.78 is 6.82. The van der Waals surface area contributed by atoms with Gasteiger partial charge in [-0.3, -0.25) is 0 Å². The molecule has 1 fully saturated rings. The summed E-state index contributed by atoms with van der Waals surface area (Å²) in [7, 11) is 0. The highest BCUT2D eigenvalue weighted by atomic mass is 79.9. The number of ether oxygens (including phenoxy) is 1. The summed E-state index contributed by atoms with van der Waals surface area (Å²) in [4.78, 5) is 1.25. The molecule has 84 valence electrons. The van der Waals surface area contributed by atoms with Crippen molar-refractivity contribution in [3.05, 3.63) is 20.8 Å². The van der Waals surface area contributed by atoms with Crippen LogP contribution in [0.3, 0.4) is 0 Å². The van der Waals surface area contributed by atoms with Crippen LogP contribution in [0.4, 0.5) is 0 Å². The highest BCUT2D eigenvalue weighted by Crippen LogP contribution is 2.28. The molecule has 0 spiro atoms. The van der Waals surface area contributed by atoms with Crippen LogP contribution in [-0.4, -0.2) is 12.1 Å².